The van der Waals surface area contributed by atoms with Crippen molar-refractivity contribution in [1.29, 1.82) is 0 Å². The predicted molar refractivity (Wildman–Crippen MR) is 129 cm³/mol. The number of nitrogens with one attached hydrogen (secondary N) is 1. The van der Waals surface area contributed by atoms with E-state index < -0.39 is 27.9 Å². The summed E-state index contributed by atoms with van der Waals surface area (Å²) in [4.78, 5) is 28.8. The standard InChI is InChI=1S/C24H29N3O5S/c1-27(24(30)20-14-21(28)26-32-20)22(17-8-6-16(7-9-17)15-31-2)23(29)25-18-10-12-19(13-11-18)33(3,4)5/h6-14,22H,15H2,1-5H3,(H,25,29)(H,26,28). The molecule has 2 aromatic carbocycles. The van der Waals surface area contributed by atoms with Crippen molar-refractivity contribution in [2.45, 2.75) is 17.5 Å². The maximum atomic E-state index is 13.4. The molecule has 0 aliphatic carbocycles. The van der Waals surface area contributed by atoms with Gasteiger partial charge in [0.05, 0.1) is 12.7 Å². The van der Waals surface area contributed by atoms with Gasteiger partial charge in [-0.1, -0.05) is 24.3 Å². The van der Waals surface area contributed by atoms with E-state index in [0.717, 1.165) is 11.6 Å². The van der Waals surface area contributed by atoms with Gasteiger partial charge in [-0.15, -0.1) is 0 Å². The van der Waals surface area contributed by atoms with Crippen molar-refractivity contribution >= 4 is 27.5 Å². The van der Waals surface area contributed by atoms with Gasteiger partial charge in [0, 0.05) is 19.8 Å². The lowest BCUT2D eigenvalue weighted by atomic mass is 10.0. The lowest BCUT2D eigenvalue weighted by Gasteiger charge is -2.28. The van der Waals surface area contributed by atoms with E-state index >= 15 is 0 Å². The molecule has 1 aromatic heterocycles. The van der Waals surface area contributed by atoms with Crippen LogP contribution in [0.15, 0.2) is 64.0 Å². The third kappa shape index (κ3) is 5.94. The number of benzene rings is 2. The Balaban J connectivity index is 1.90. The minimum absolute atomic E-state index is 0.165. The van der Waals surface area contributed by atoms with E-state index in [-0.39, 0.29) is 11.7 Å². The van der Waals surface area contributed by atoms with E-state index in [1.165, 1.54) is 16.8 Å². The number of likely N-dealkylation sites (N-methyl/N-ethyl adjacent to an activating group) is 1. The van der Waals surface area contributed by atoms with Crippen LogP contribution in [0.4, 0.5) is 5.69 Å². The molecule has 33 heavy (non-hydrogen) atoms. The minimum Gasteiger partial charge on any atom is -0.491 e. The van der Waals surface area contributed by atoms with Crippen LogP contribution in [0, 0.1) is 0 Å². The number of carbonyl (C=O) groups is 2. The summed E-state index contributed by atoms with van der Waals surface area (Å²) < 4.78 is 10.0. The highest BCUT2D eigenvalue weighted by Crippen LogP contribution is 2.45. The van der Waals surface area contributed by atoms with Gasteiger partial charge in [0.2, 0.25) is 5.76 Å². The summed E-state index contributed by atoms with van der Waals surface area (Å²) in [5.74, 6) is -1.54. The largest absolute Gasteiger partial charge is 0.491 e. The van der Waals surface area contributed by atoms with Crippen LogP contribution in [0.2, 0.25) is 0 Å². The highest BCUT2D eigenvalue weighted by molar-refractivity contribution is 8.32. The van der Waals surface area contributed by atoms with Crippen LogP contribution in [-0.4, -0.2) is 59.9 Å². The van der Waals surface area contributed by atoms with Crippen molar-refractivity contribution in [3.8, 4) is 5.88 Å². The molecule has 0 fully saturated rings. The fourth-order valence-electron chi connectivity index (χ4n) is 3.33. The van der Waals surface area contributed by atoms with Crippen LogP contribution in [-0.2, 0) is 16.1 Å². The second-order valence-electron chi connectivity index (χ2n) is 8.39. The fourth-order valence-corrected chi connectivity index (χ4v) is 4.28. The van der Waals surface area contributed by atoms with E-state index in [1.54, 1.807) is 19.2 Å². The molecule has 1 heterocycles. The summed E-state index contributed by atoms with van der Waals surface area (Å²) in [5.41, 5.74) is 2.18. The molecule has 2 amide bonds. The molecule has 1 unspecified atom stereocenters. The number of hydrogen-bond donors (Lipinski definition) is 2. The van der Waals surface area contributed by atoms with Gasteiger partial charge in [-0.3, -0.25) is 9.59 Å². The van der Waals surface area contributed by atoms with E-state index in [1.807, 2.05) is 36.4 Å². The molecule has 0 radical (unpaired) electrons. The molecule has 3 rings (SSSR count). The van der Waals surface area contributed by atoms with E-state index in [2.05, 4.69) is 29.2 Å². The molecule has 0 aliphatic rings. The number of hydrogen-bond acceptors (Lipinski definition) is 6. The Hall–Kier alpha value is -3.30. The van der Waals surface area contributed by atoms with Gasteiger partial charge >= 0.3 is 0 Å². The van der Waals surface area contributed by atoms with Gasteiger partial charge in [-0.05, 0) is 64.2 Å². The number of anilines is 1. The molecule has 0 aliphatic heterocycles. The fraction of sp³-hybridized carbons (Fsp3) is 0.292. The number of aromatic hydroxyl groups is 1. The third-order valence-corrected chi connectivity index (χ3v) is 6.79. The Morgan fingerprint density at radius 2 is 1.76 bits per heavy atom. The molecular formula is C24H29N3O5S. The average Bonchev–Trinajstić information content (AvgIpc) is 3.20. The normalized spacial score (nSPS) is 12.8. The number of nitrogens with zero attached hydrogens (tertiary/aromatic N) is 2. The molecule has 0 bridgehead atoms. The highest BCUT2D eigenvalue weighted by atomic mass is 32.3. The quantitative estimate of drug-likeness (QED) is 0.514. The van der Waals surface area contributed by atoms with Crippen LogP contribution >= 0.6 is 10.0 Å². The smallest absolute Gasteiger partial charge is 0.293 e. The second kappa shape index (κ2) is 10.1. The van der Waals surface area contributed by atoms with Crippen LogP contribution in [0.1, 0.15) is 27.7 Å². The van der Waals surface area contributed by atoms with Gasteiger partial charge in [0.1, 0.15) is 6.04 Å². The van der Waals surface area contributed by atoms with Crippen molar-refractivity contribution in [1.82, 2.24) is 10.1 Å². The Kier molecular flexibility index (Phi) is 7.45. The first-order valence-corrected chi connectivity index (χ1v) is 13.1. The van der Waals surface area contributed by atoms with E-state index in [9.17, 15) is 14.7 Å². The number of carbonyl (C=O) groups excluding carboxylic acids is 2. The van der Waals surface area contributed by atoms with Crippen molar-refractivity contribution < 1.29 is 24.0 Å². The zero-order valence-corrected chi connectivity index (χ0v) is 20.2. The van der Waals surface area contributed by atoms with Crippen molar-refractivity contribution in [2.24, 2.45) is 0 Å². The van der Waals surface area contributed by atoms with Gasteiger partial charge in [0.25, 0.3) is 17.7 Å². The van der Waals surface area contributed by atoms with E-state index in [0.29, 0.717) is 17.9 Å². The van der Waals surface area contributed by atoms with Crippen LogP contribution in [0.5, 0.6) is 5.88 Å². The highest BCUT2D eigenvalue weighted by Gasteiger charge is 2.31. The molecular weight excluding hydrogens is 442 g/mol. The molecule has 9 heteroatoms. The van der Waals surface area contributed by atoms with Gasteiger partial charge < -0.3 is 24.6 Å². The Morgan fingerprint density at radius 1 is 1.12 bits per heavy atom. The molecule has 2 N–H and O–H groups in total. The second-order valence-corrected chi connectivity index (χ2v) is 12.5. The maximum absolute atomic E-state index is 13.4. The van der Waals surface area contributed by atoms with Gasteiger partial charge in [0.15, 0.2) is 0 Å². The zero-order chi connectivity index (χ0) is 24.2. The third-order valence-electron chi connectivity index (χ3n) is 5.10. The van der Waals surface area contributed by atoms with Gasteiger partial charge in [-0.2, -0.15) is 0 Å². The summed E-state index contributed by atoms with van der Waals surface area (Å²) in [6.07, 6.45) is 6.60. The summed E-state index contributed by atoms with van der Waals surface area (Å²) in [5, 5.41) is 15.7. The summed E-state index contributed by atoms with van der Waals surface area (Å²) in [6, 6.07) is 15.2. The summed E-state index contributed by atoms with van der Waals surface area (Å²) >= 11 is 0. The molecule has 8 nitrogen and oxygen atoms in total. The molecule has 176 valence electrons. The Morgan fingerprint density at radius 3 is 2.27 bits per heavy atom. The van der Waals surface area contributed by atoms with Crippen LogP contribution < -0.4 is 5.32 Å². The molecule has 3 aromatic rings. The van der Waals surface area contributed by atoms with Gasteiger partial charge in [-0.25, -0.2) is 10.0 Å². The first-order chi connectivity index (χ1) is 15.6. The zero-order valence-electron chi connectivity index (χ0n) is 19.4. The number of methoxy groups -OCH3 is 1. The van der Waals surface area contributed by atoms with Crippen LogP contribution in [0.25, 0.3) is 0 Å². The molecule has 0 saturated carbocycles. The minimum atomic E-state index is -0.950. The van der Waals surface area contributed by atoms with Crippen molar-refractivity contribution in [2.75, 3.05) is 38.2 Å². The molecule has 1 atom stereocenters. The first kappa shape index (κ1) is 24.3. The maximum Gasteiger partial charge on any atom is 0.293 e. The number of aromatic nitrogens is 1. The molecule has 0 saturated heterocycles. The number of ether oxygens (including phenoxy) is 1. The lowest BCUT2D eigenvalue weighted by molar-refractivity contribution is -0.120. The Bertz CT molecular complexity index is 1100. The van der Waals surface area contributed by atoms with E-state index in [4.69, 9.17) is 9.26 Å². The number of rotatable bonds is 8. The Labute approximate surface area is 194 Å². The monoisotopic (exact) mass is 471 g/mol. The molecule has 0 spiro atoms. The summed E-state index contributed by atoms with van der Waals surface area (Å²) in [6.45, 7) is 0.436. The SMILES string of the molecule is COCc1ccc(C(C(=O)Nc2ccc(S(C)(C)C)cc2)N(C)C(=O)c2cc(O)no2)cc1. The van der Waals surface area contributed by atoms with Crippen LogP contribution in [0.3, 0.4) is 0 Å². The summed E-state index contributed by atoms with van der Waals surface area (Å²) in [7, 11) is 2.23. The van der Waals surface area contributed by atoms with Crippen molar-refractivity contribution in [3.05, 3.63) is 71.5 Å². The topological polar surface area (TPSA) is 105 Å². The van der Waals surface area contributed by atoms with Crippen molar-refractivity contribution in [3.63, 3.8) is 0 Å². The first-order valence-electron chi connectivity index (χ1n) is 10.2. The number of amides is 2. The lowest BCUT2D eigenvalue weighted by Crippen LogP contribution is -2.38. The predicted octanol–water partition coefficient (Wildman–Crippen LogP) is 4.03. The average molecular weight is 472 g/mol.